The molecule has 0 unspecified atom stereocenters. The SMILES string of the molecule is Oc1cccc2c(NC(=S)Nc3ccccc3F)cccc12. The minimum absolute atomic E-state index is 0.203. The zero-order valence-corrected chi connectivity index (χ0v) is 12.3. The van der Waals surface area contributed by atoms with Crippen molar-refractivity contribution >= 4 is 39.5 Å². The molecule has 3 aromatic carbocycles. The van der Waals surface area contributed by atoms with Crippen molar-refractivity contribution in [3.05, 3.63) is 66.5 Å². The molecule has 0 fully saturated rings. The Bertz CT molecular complexity index is 851. The molecule has 3 rings (SSSR count). The van der Waals surface area contributed by atoms with Crippen LogP contribution in [0.1, 0.15) is 0 Å². The number of hydrogen-bond donors (Lipinski definition) is 3. The van der Waals surface area contributed by atoms with E-state index in [9.17, 15) is 9.50 Å². The number of phenolic OH excluding ortho intramolecular Hbond substituents is 1. The van der Waals surface area contributed by atoms with Gasteiger partial charge in [0.2, 0.25) is 0 Å². The molecular formula is C17H13FN2OS. The molecule has 0 saturated heterocycles. The quantitative estimate of drug-likeness (QED) is 0.610. The van der Waals surface area contributed by atoms with E-state index in [0.29, 0.717) is 5.69 Å². The molecule has 0 spiro atoms. The predicted octanol–water partition coefficient (Wildman–Crippen LogP) is 4.49. The summed E-state index contributed by atoms with van der Waals surface area (Å²) < 4.78 is 13.6. The van der Waals surface area contributed by atoms with Gasteiger partial charge in [-0.1, -0.05) is 36.4 Å². The number of aromatic hydroxyl groups is 1. The van der Waals surface area contributed by atoms with Crippen LogP contribution in [-0.2, 0) is 0 Å². The number of thiocarbonyl (C=S) groups is 1. The summed E-state index contributed by atoms with van der Waals surface area (Å²) in [5.74, 6) is -0.170. The lowest BCUT2D eigenvalue weighted by Crippen LogP contribution is -2.19. The van der Waals surface area contributed by atoms with Gasteiger partial charge >= 0.3 is 0 Å². The zero-order valence-electron chi connectivity index (χ0n) is 11.5. The topological polar surface area (TPSA) is 44.3 Å². The molecule has 0 saturated carbocycles. The average molecular weight is 312 g/mol. The summed E-state index contributed by atoms with van der Waals surface area (Å²) in [7, 11) is 0. The highest BCUT2D eigenvalue weighted by molar-refractivity contribution is 7.80. The molecule has 3 nitrogen and oxygen atoms in total. The molecule has 5 heteroatoms. The first kappa shape index (κ1) is 14.3. The fourth-order valence-electron chi connectivity index (χ4n) is 2.24. The molecule has 0 bridgehead atoms. The molecule has 0 atom stereocenters. The molecule has 0 aliphatic heterocycles. The second-order valence-corrected chi connectivity index (χ2v) is 5.15. The third-order valence-corrected chi connectivity index (χ3v) is 3.47. The van der Waals surface area contributed by atoms with E-state index < -0.39 is 0 Å². The zero-order chi connectivity index (χ0) is 15.5. The second kappa shape index (κ2) is 5.99. The molecule has 0 aliphatic carbocycles. The van der Waals surface area contributed by atoms with Crippen LogP contribution in [0.2, 0.25) is 0 Å². The number of anilines is 2. The Labute approximate surface area is 132 Å². The Hall–Kier alpha value is -2.66. The van der Waals surface area contributed by atoms with E-state index in [1.807, 2.05) is 24.3 Å². The van der Waals surface area contributed by atoms with E-state index >= 15 is 0 Å². The van der Waals surface area contributed by atoms with E-state index in [0.717, 1.165) is 16.5 Å². The van der Waals surface area contributed by atoms with Crippen LogP contribution in [0.5, 0.6) is 5.75 Å². The number of halogens is 1. The van der Waals surface area contributed by atoms with Crippen molar-refractivity contribution in [2.45, 2.75) is 0 Å². The van der Waals surface area contributed by atoms with Gasteiger partial charge in [0.05, 0.1) is 5.69 Å². The summed E-state index contributed by atoms with van der Waals surface area (Å²) in [6.07, 6.45) is 0. The van der Waals surface area contributed by atoms with Crippen LogP contribution in [0, 0.1) is 5.82 Å². The molecule has 22 heavy (non-hydrogen) atoms. The third-order valence-electron chi connectivity index (χ3n) is 3.27. The van der Waals surface area contributed by atoms with E-state index in [1.54, 1.807) is 30.3 Å². The first-order valence-corrected chi connectivity index (χ1v) is 7.09. The highest BCUT2D eigenvalue weighted by Crippen LogP contribution is 2.29. The van der Waals surface area contributed by atoms with E-state index in [1.165, 1.54) is 6.07 Å². The van der Waals surface area contributed by atoms with Crippen molar-refractivity contribution in [1.29, 1.82) is 0 Å². The summed E-state index contributed by atoms with van der Waals surface area (Å²) in [6.45, 7) is 0. The fraction of sp³-hybridized carbons (Fsp3) is 0. The standard InChI is InChI=1S/C17H13FN2OS/c18-13-7-1-2-8-15(13)20-17(22)19-14-9-3-6-12-11(14)5-4-10-16(12)21/h1-10,21H,(H2,19,20,22). The number of para-hydroxylation sites is 1. The lowest BCUT2D eigenvalue weighted by atomic mass is 10.1. The number of nitrogens with one attached hydrogen (secondary N) is 2. The Balaban J connectivity index is 1.86. The van der Waals surface area contributed by atoms with Gasteiger partial charge in [-0.15, -0.1) is 0 Å². The van der Waals surface area contributed by atoms with Gasteiger partial charge in [0.25, 0.3) is 0 Å². The van der Waals surface area contributed by atoms with Crippen molar-refractivity contribution in [3.8, 4) is 5.75 Å². The van der Waals surface area contributed by atoms with Crippen LogP contribution in [-0.4, -0.2) is 10.2 Å². The van der Waals surface area contributed by atoms with Crippen LogP contribution in [0.15, 0.2) is 60.7 Å². The van der Waals surface area contributed by atoms with E-state index in [4.69, 9.17) is 12.2 Å². The molecule has 0 amide bonds. The van der Waals surface area contributed by atoms with E-state index in [2.05, 4.69) is 10.6 Å². The van der Waals surface area contributed by atoms with Crippen molar-refractivity contribution in [1.82, 2.24) is 0 Å². The third kappa shape index (κ3) is 2.84. The highest BCUT2D eigenvalue weighted by atomic mass is 32.1. The smallest absolute Gasteiger partial charge is 0.175 e. The van der Waals surface area contributed by atoms with Crippen molar-refractivity contribution in [2.75, 3.05) is 10.6 Å². The summed E-state index contributed by atoms with van der Waals surface area (Å²) in [5.41, 5.74) is 1.05. The summed E-state index contributed by atoms with van der Waals surface area (Å²) in [6, 6.07) is 17.1. The van der Waals surface area contributed by atoms with Crippen LogP contribution in [0.3, 0.4) is 0 Å². The molecule has 0 radical (unpaired) electrons. The van der Waals surface area contributed by atoms with Gasteiger partial charge in [0.15, 0.2) is 5.11 Å². The second-order valence-electron chi connectivity index (χ2n) is 4.74. The lowest BCUT2D eigenvalue weighted by Gasteiger charge is -2.13. The van der Waals surface area contributed by atoms with Gasteiger partial charge in [0, 0.05) is 16.5 Å². The largest absolute Gasteiger partial charge is 0.507 e. The molecule has 0 aliphatic rings. The average Bonchev–Trinajstić information content (AvgIpc) is 2.51. The first-order chi connectivity index (χ1) is 10.6. The Morgan fingerprint density at radius 3 is 2.27 bits per heavy atom. The van der Waals surface area contributed by atoms with Gasteiger partial charge in [-0.3, -0.25) is 0 Å². The summed E-state index contributed by atoms with van der Waals surface area (Å²) in [5, 5.41) is 17.6. The molecule has 0 heterocycles. The Kier molecular flexibility index (Phi) is 3.89. The molecule has 110 valence electrons. The van der Waals surface area contributed by atoms with E-state index in [-0.39, 0.29) is 16.7 Å². The number of fused-ring (bicyclic) bond motifs is 1. The van der Waals surface area contributed by atoms with Crippen LogP contribution in [0.4, 0.5) is 15.8 Å². The molecular weight excluding hydrogens is 299 g/mol. The monoisotopic (exact) mass is 312 g/mol. The number of hydrogen-bond acceptors (Lipinski definition) is 2. The Morgan fingerprint density at radius 1 is 0.818 bits per heavy atom. The van der Waals surface area contributed by atoms with Gasteiger partial charge in [-0.2, -0.15) is 0 Å². The predicted molar refractivity (Wildman–Crippen MR) is 91.9 cm³/mol. The number of benzene rings is 3. The number of rotatable bonds is 2. The molecule has 0 aromatic heterocycles. The summed E-state index contributed by atoms with van der Waals surface area (Å²) in [4.78, 5) is 0. The van der Waals surface area contributed by atoms with Gasteiger partial charge in [-0.25, -0.2) is 4.39 Å². The maximum absolute atomic E-state index is 13.6. The van der Waals surface area contributed by atoms with Crippen LogP contribution >= 0.6 is 12.2 Å². The highest BCUT2D eigenvalue weighted by Gasteiger charge is 2.07. The van der Waals surface area contributed by atoms with Gasteiger partial charge in [-0.05, 0) is 36.5 Å². The Morgan fingerprint density at radius 2 is 1.45 bits per heavy atom. The minimum atomic E-state index is -0.373. The summed E-state index contributed by atoms with van der Waals surface area (Å²) >= 11 is 5.22. The van der Waals surface area contributed by atoms with Crippen molar-refractivity contribution in [3.63, 3.8) is 0 Å². The maximum Gasteiger partial charge on any atom is 0.175 e. The minimum Gasteiger partial charge on any atom is -0.507 e. The van der Waals surface area contributed by atoms with Crippen molar-refractivity contribution in [2.24, 2.45) is 0 Å². The van der Waals surface area contributed by atoms with Gasteiger partial charge < -0.3 is 15.7 Å². The number of phenols is 1. The maximum atomic E-state index is 13.6. The normalized spacial score (nSPS) is 10.4. The van der Waals surface area contributed by atoms with Crippen LogP contribution < -0.4 is 10.6 Å². The fourth-order valence-corrected chi connectivity index (χ4v) is 2.46. The lowest BCUT2D eigenvalue weighted by molar-refractivity contribution is 0.481. The van der Waals surface area contributed by atoms with Crippen molar-refractivity contribution < 1.29 is 9.50 Å². The van der Waals surface area contributed by atoms with Gasteiger partial charge in [0.1, 0.15) is 11.6 Å². The first-order valence-electron chi connectivity index (χ1n) is 6.68. The molecule has 3 aromatic rings. The van der Waals surface area contributed by atoms with Crippen LogP contribution in [0.25, 0.3) is 10.8 Å². The molecule has 3 N–H and O–H groups in total.